The van der Waals surface area contributed by atoms with Crippen LogP contribution in [-0.2, 0) is 9.53 Å². The number of amides is 1. The van der Waals surface area contributed by atoms with E-state index in [1.54, 1.807) is 11.8 Å². The quantitative estimate of drug-likeness (QED) is 0.773. The summed E-state index contributed by atoms with van der Waals surface area (Å²) in [5.41, 5.74) is 0.508. The number of carbonyl (C=O) groups is 2. The highest BCUT2D eigenvalue weighted by Gasteiger charge is 2.30. The molecule has 1 saturated heterocycles. The average molecular weight is 347 g/mol. The van der Waals surface area contributed by atoms with Gasteiger partial charge in [0, 0.05) is 13.1 Å². The third-order valence-corrected chi connectivity index (χ3v) is 4.06. The van der Waals surface area contributed by atoms with Crippen molar-refractivity contribution in [3.05, 3.63) is 35.9 Å². The van der Waals surface area contributed by atoms with Crippen molar-refractivity contribution in [2.24, 2.45) is 5.92 Å². The van der Waals surface area contributed by atoms with E-state index in [0.717, 1.165) is 0 Å². The average Bonchev–Trinajstić information content (AvgIpc) is 3.12. The maximum atomic E-state index is 13.0. The highest BCUT2D eigenvalue weighted by atomic mass is 19.1. The minimum atomic E-state index is -0.371. The van der Waals surface area contributed by atoms with Gasteiger partial charge in [-0.2, -0.15) is 0 Å². The van der Waals surface area contributed by atoms with E-state index in [4.69, 9.17) is 4.74 Å². The molecule has 0 radical (unpaired) electrons. The number of likely N-dealkylation sites (tertiary alicyclic amines) is 1. The molecule has 0 spiro atoms. The van der Waals surface area contributed by atoms with Crippen molar-refractivity contribution in [3.8, 4) is 5.69 Å². The molecule has 1 fully saturated rings. The van der Waals surface area contributed by atoms with Crippen molar-refractivity contribution in [1.82, 2.24) is 25.1 Å². The van der Waals surface area contributed by atoms with Crippen LogP contribution in [0.2, 0.25) is 0 Å². The number of nitrogens with zero attached hydrogens (tertiary/aromatic N) is 5. The summed E-state index contributed by atoms with van der Waals surface area (Å²) < 4.78 is 18.0. The molecule has 2 heterocycles. The van der Waals surface area contributed by atoms with Crippen LogP contribution in [0, 0.1) is 11.7 Å². The number of carbonyl (C=O) groups excluding carboxylic acids is 2. The van der Waals surface area contributed by atoms with Gasteiger partial charge in [0.15, 0.2) is 0 Å². The summed E-state index contributed by atoms with van der Waals surface area (Å²) in [6.07, 6.45) is 1.10. The Bertz CT molecular complexity index is 753. The zero-order valence-electron chi connectivity index (χ0n) is 13.8. The number of ether oxygens (including phenoxy) is 1. The molecule has 9 heteroatoms. The molecule has 8 nitrogen and oxygen atoms in total. The maximum Gasteiger partial charge on any atom is 0.309 e. The fourth-order valence-corrected chi connectivity index (χ4v) is 2.70. The monoisotopic (exact) mass is 347 g/mol. The number of benzene rings is 1. The zero-order valence-corrected chi connectivity index (χ0v) is 13.8. The second-order valence-corrected chi connectivity index (χ2v) is 5.70. The Morgan fingerprint density at radius 2 is 1.92 bits per heavy atom. The van der Waals surface area contributed by atoms with Crippen LogP contribution in [-0.4, -0.2) is 56.7 Å². The molecule has 1 aromatic heterocycles. The fourth-order valence-electron chi connectivity index (χ4n) is 2.70. The fraction of sp³-hybridized carbons (Fsp3) is 0.438. The van der Waals surface area contributed by atoms with Crippen LogP contribution < -0.4 is 0 Å². The van der Waals surface area contributed by atoms with Crippen LogP contribution in [0.15, 0.2) is 24.3 Å². The van der Waals surface area contributed by atoms with E-state index in [9.17, 15) is 14.0 Å². The van der Waals surface area contributed by atoms with Gasteiger partial charge in [0.1, 0.15) is 5.82 Å². The van der Waals surface area contributed by atoms with Gasteiger partial charge < -0.3 is 9.64 Å². The predicted octanol–water partition coefficient (Wildman–Crippen LogP) is 1.22. The van der Waals surface area contributed by atoms with E-state index in [2.05, 4.69) is 15.4 Å². The van der Waals surface area contributed by atoms with E-state index in [0.29, 0.717) is 38.2 Å². The molecule has 1 amide bonds. The number of piperidine rings is 1. The molecule has 25 heavy (non-hydrogen) atoms. The number of hydrogen-bond acceptors (Lipinski definition) is 6. The highest BCUT2D eigenvalue weighted by molar-refractivity contribution is 5.90. The molecule has 0 saturated carbocycles. The lowest BCUT2D eigenvalue weighted by molar-refractivity contribution is -0.149. The first kappa shape index (κ1) is 17.0. The van der Waals surface area contributed by atoms with E-state index >= 15 is 0 Å². The number of esters is 1. The van der Waals surface area contributed by atoms with Crippen molar-refractivity contribution >= 4 is 11.9 Å². The Hall–Kier alpha value is -2.84. The molecule has 1 aromatic carbocycles. The SMILES string of the molecule is CCOC(=O)C1CCN(C(=O)c2nnn(-c3ccc(F)cc3)n2)CC1. The van der Waals surface area contributed by atoms with Gasteiger partial charge in [-0.05, 0) is 49.2 Å². The van der Waals surface area contributed by atoms with Crippen molar-refractivity contribution in [3.63, 3.8) is 0 Å². The molecule has 2 aromatic rings. The van der Waals surface area contributed by atoms with Gasteiger partial charge in [-0.25, -0.2) is 4.39 Å². The summed E-state index contributed by atoms with van der Waals surface area (Å²) in [7, 11) is 0. The van der Waals surface area contributed by atoms with Crippen LogP contribution in [0.5, 0.6) is 0 Å². The van der Waals surface area contributed by atoms with Gasteiger partial charge in [0.25, 0.3) is 11.7 Å². The Morgan fingerprint density at radius 3 is 2.56 bits per heavy atom. The van der Waals surface area contributed by atoms with E-state index in [-0.39, 0.29) is 29.4 Å². The molecule has 1 aliphatic heterocycles. The van der Waals surface area contributed by atoms with Crippen LogP contribution >= 0.6 is 0 Å². The first-order valence-corrected chi connectivity index (χ1v) is 8.10. The van der Waals surface area contributed by atoms with E-state index in [1.807, 2.05) is 0 Å². The topological polar surface area (TPSA) is 90.2 Å². The molecule has 1 aliphatic rings. The van der Waals surface area contributed by atoms with Crippen molar-refractivity contribution in [2.75, 3.05) is 19.7 Å². The Labute approximate surface area is 143 Å². The molecular formula is C16H18FN5O3. The molecule has 3 rings (SSSR count). The molecule has 132 valence electrons. The van der Waals surface area contributed by atoms with Gasteiger partial charge in [0.05, 0.1) is 18.2 Å². The number of tetrazole rings is 1. The molecule has 0 aliphatic carbocycles. The Morgan fingerprint density at radius 1 is 1.24 bits per heavy atom. The van der Waals surface area contributed by atoms with Gasteiger partial charge in [-0.15, -0.1) is 15.0 Å². The summed E-state index contributed by atoms with van der Waals surface area (Å²) >= 11 is 0. The lowest BCUT2D eigenvalue weighted by Gasteiger charge is -2.29. The lowest BCUT2D eigenvalue weighted by Crippen LogP contribution is -2.41. The molecule has 0 unspecified atom stereocenters. The van der Waals surface area contributed by atoms with Crippen LogP contribution in [0.1, 0.15) is 30.4 Å². The summed E-state index contributed by atoms with van der Waals surface area (Å²) in [6, 6.07) is 5.55. The minimum absolute atomic E-state index is 0.0288. The second kappa shape index (κ2) is 7.37. The summed E-state index contributed by atoms with van der Waals surface area (Å²) in [6.45, 7) is 3.00. The summed E-state index contributed by atoms with van der Waals surface area (Å²) in [5.74, 6) is -1.12. The molecule has 0 bridgehead atoms. The standard InChI is InChI=1S/C16H18FN5O3/c1-2-25-16(24)11-7-9-21(10-8-11)15(23)14-18-20-22(19-14)13-5-3-12(17)4-6-13/h3-6,11H,2,7-10H2,1H3. The van der Waals surface area contributed by atoms with Gasteiger partial charge in [0.2, 0.25) is 0 Å². The first-order chi connectivity index (χ1) is 12.1. The second-order valence-electron chi connectivity index (χ2n) is 5.70. The first-order valence-electron chi connectivity index (χ1n) is 8.10. The number of halogens is 1. The predicted molar refractivity (Wildman–Crippen MR) is 84.4 cm³/mol. The third-order valence-electron chi connectivity index (χ3n) is 4.06. The number of aromatic nitrogens is 4. The van der Waals surface area contributed by atoms with Crippen LogP contribution in [0.4, 0.5) is 4.39 Å². The lowest BCUT2D eigenvalue weighted by atomic mass is 9.97. The maximum absolute atomic E-state index is 13.0. The van der Waals surface area contributed by atoms with Gasteiger partial charge in [-0.3, -0.25) is 9.59 Å². The Balaban J connectivity index is 1.63. The zero-order chi connectivity index (χ0) is 17.8. The summed E-state index contributed by atoms with van der Waals surface area (Å²) in [4.78, 5) is 27.0. The van der Waals surface area contributed by atoms with Crippen LogP contribution in [0.3, 0.4) is 0 Å². The number of hydrogen-bond donors (Lipinski definition) is 0. The Kier molecular flexibility index (Phi) is 5.01. The van der Waals surface area contributed by atoms with Crippen molar-refractivity contribution in [1.29, 1.82) is 0 Å². The van der Waals surface area contributed by atoms with E-state index in [1.165, 1.54) is 29.1 Å². The molecular weight excluding hydrogens is 329 g/mol. The smallest absolute Gasteiger partial charge is 0.309 e. The normalized spacial score (nSPS) is 15.2. The van der Waals surface area contributed by atoms with Gasteiger partial charge >= 0.3 is 5.97 Å². The van der Waals surface area contributed by atoms with Crippen LogP contribution in [0.25, 0.3) is 5.69 Å². The van der Waals surface area contributed by atoms with E-state index < -0.39 is 0 Å². The molecule has 0 N–H and O–H groups in total. The highest BCUT2D eigenvalue weighted by Crippen LogP contribution is 2.19. The minimum Gasteiger partial charge on any atom is -0.466 e. The number of rotatable bonds is 4. The summed E-state index contributed by atoms with van der Waals surface area (Å²) in [5, 5.41) is 11.7. The van der Waals surface area contributed by atoms with Gasteiger partial charge in [-0.1, -0.05) is 0 Å². The largest absolute Gasteiger partial charge is 0.466 e. The molecule has 0 atom stereocenters. The van der Waals surface area contributed by atoms with Crippen molar-refractivity contribution < 1.29 is 18.7 Å². The third kappa shape index (κ3) is 3.81. The van der Waals surface area contributed by atoms with Crippen molar-refractivity contribution in [2.45, 2.75) is 19.8 Å².